The minimum atomic E-state index is -0.424. The van der Waals surface area contributed by atoms with E-state index in [1.54, 1.807) is 12.1 Å². The topological polar surface area (TPSA) is 59.3 Å². The van der Waals surface area contributed by atoms with Crippen molar-refractivity contribution in [2.75, 3.05) is 14.2 Å². The Morgan fingerprint density at radius 1 is 1.31 bits per heavy atom. The third-order valence-electron chi connectivity index (χ3n) is 2.78. The van der Waals surface area contributed by atoms with Crippen LogP contribution < -0.4 is 9.47 Å². The number of carbonyl (C=O) groups excluding carboxylic acids is 1. The van der Waals surface area contributed by atoms with Gasteiger partial charge in [-0.1, -0.05) is 0 Å². The summed E-state index contributed by atoms with van der Waals surface area (Å²) in [7, 11) is 3.04. The highest BCUT2D eigenvalue weighted by atomic mass is 16.5. The summed E-state index contributed by atoms with van der Waals surface area (Å²) in [6.07, 6.45) is 0.211. The SMILES string of the molecule is COc1ccc(OC)c2c1C(=O)CC2C#N. The van der Waals surface area contributed by atoms with Crippen LogP contribution in [-0.4, -0.2) is 20.0 Å². The highest BCUT2D eigenvalue weighted by Gasteiger charge is 2.35. The largest absolute Gasteiger partial charge is 0.496 e. The average molecular weight is 217 g/mol. The van der Waals surface area contributed by atoms with E-state index in [1.165, 1.54) is 14.2 Å². The molecule has 1 aromatic rings. The fourth-order valence-electron chi connectivity index (χ4n) is 2.06. The summed E-state index contributed by atoms with van der Waals surface area (Å²) < 4.78 is 10.3. The summed E-state index contributed by atoms with van der Waals surface area (Å²) in [5.74, 6) is 0.608. The third-order valence-corrected chi connectivity index (χ3v) is 2.78. The number of nitrogens with zero attached hydrogens (tertiary/aromatic N) is 1. The lowest BCUT2D eigenvalue weighted by Gasteiger charge is -2.11. The van der Waals surface area contributed by atoms with E-state index in [4.69, 9.17) is 14.7 Å². The number of fused-ring (bicyclic) bond motifs is 1. The van der Waals surface area contributed by atoms with E-state index in [-0.39, 0.29) is 12.2 Å². The van der Waals surface area contributed by atoms with E-state index >= 15 is 0 Å². The number of hydrogen-bond donors (Lipinski definition) is 0. The average Bonchev–Trinajstić information content (AvgIpc) is 2.66. The molecule has 0 amide bonds. The van der Waals surface area contributed by atoms with Crippen LogP contribution in [-0.2, 0) is 0 Å². The van der Waals surface area contributed by atoms with Crippen molar-refractivity contribution in [2.45, 2.75) is 12.3 Å². The van der Waals surface area contributed by atoms with Crippen LogP contribution in [0.5, 0.6) is 11.5 Å². The van der Waals surface area contributed by atoms with Gasteiger partial charge in [-0.15, -0.1) is 0 Å². The van der Waals surface area contributed by atoms with Gasteiger partial charge in [-0.25, -0.2) is 0 Å². The van der Waals surface area contributed by atoms with Crippen molar-refractivity contribution in [3.8, 4) is 17.6 Å². The number of Topliss-reactive ketones (excluding diaryl/α,β-unsaturated/α-hetero) is 1. The Morgan fingerprint density at radius 2 is 1.94 bits per heavy atom. The van der Waals surface area contributed by atoms with Gasteiger partial charge in [-0.2, -0.15) is 5.26 Å². The fraction of sp³-hybridized carbons (Fsp3) is 0.333. The first kappa shape index (κ1) is 10.5. The van der Waals surface area contributed by atoms with Gasteiger partial charge in [0.15, 0.2) is 5.78 Å². The van der Waals surface area contributed by atoms with Gasteiger partial charge in [0.1, 0.15) is 11.5 Å². The van der Waals surface area contributed by atoms with Gasteiger partial charge < -0.3 is 9.47 Å². The molecule has 82 valence electrons. The molecule has 1 atom stereocenters. The molecule has 16 heavy (non-hydrogen) atoms. The Labute approximate surface area is 93.4 Å². The van der Waals surface area contributed by atoms with Crippen molar-refractivity contribution in [2.24, 2.45) is 0 Å². The Hall–Kier alpha value is -2.02. The van der Waals surface area contributed by atoms with Crippen LogP contribution in [0.25, 0.3) is 0 Å². The van der Waals surface area contributed by atoms with Crippen molar-refractivity contribution < 1.29 is 14.3 Å². The van der Waals surface area contributed by atoms with Crippen molar-refractivity contribution in [3.05, 3.63) is 23.3 Å². The first-order valence-electron chi connectivity index (χ1n) is 4.90. The van der Waals surface area contributed by atoms with Crippen LogP contribution in [0.1, 0.15) is 28.3 Å². The molecular weight excluding hydrogens is 206 g/mol. The number of methoxy groups -OCH3 is 2. The molecule has 0 aliphatic heterocycles. The predicted molar refractivity (Wildman–Crippen MR) is 56.8 cm³/mol. The second-order valence-corrected chi connectivity index (χ2v) is 3.57. The highest BCUT2D eigenvalue weighted by molar-refractivity contribution is 6.05. The number of nitriles is 1. The molecule has 0 fully saturated rings. The van der Waals surface area contributed by atoms with Crippen LogP contribution >= 0.6 is 0 Å². The quantitative estimate of drug-likeness (QED) is 0.759. The lowest BCUT2D eigenvalue weighted by Crippen LogP contribution is -1.99. The molecule has 2 rings (SSSR count). The molecule has 0 saturated carbocycles. The Balaban J connectivity index is 2.70. The van der Waals surface area contributed by atoms with Crippen molar-refractivity contribution >= 4 is 5.78 Å². The fourth-order valence-corrected chi connectivity index (χ4v) is 2.06. The van der Waals surface area contributed by atoms with E-state index in [2.05, 4.69) is 6.07 Å². The number of ketones is 1. The first-order valence-corrected chi connectivity index (χ1v) is 4.90. The normalized spacial score (nSPS) is 17.8. The number of benzene rings is 1. The van der Waals surface area contributed by atoms with Crippen molar-refractivity contribution in [3.63, 3.8) is 0 Å². The van der Waals surface area contributed by atoms with Crippen LogP contribution in [0, 0.1) is 11.3 Å². The zero-order chi connectivity index (χ0) is 11.7. The van der Waals surface area contributed by atoms with E-state index in [1.807, 2.05) is 0 Å². The maximum atomic E-state index is 11.8. The lowest BCUT2D eigenvalue weighted by atomic mass is 10.0. The molecule has 0 radical (unpaired) electrons. The minimum absolute atomic E-state index is 0.0581. The van der Waals surface area contributed by atoms with Gasteiger partial charge in [0.2, 0.25) is 0 Å². The maximum Gasteiger partial charge on any atom is 0.168 e. The van der Waals surface area contributed by atoms with Gasteiger partial charge in [-0.05, 0) is 12.1 Å². The van der Waals surface area contributed by atoms with E-state index < -0.39 is 5.92 Å². The van der Waals surface area contributed by atoms with Crippen LogP contribution in [0.4, 0.5) is 0 Å². The van der Waals surface area contributed by atoms with Crippen molar-refractivity contribution in [1.29, 1.82) is 5.26 Å². The third kappa shape index (κ3) is 1.33. The molecule has 0 saturated heterocycles. The standard InChI is InChI=1S/C12H11NO3/c1-15-9-3-4-10(16-2)12-8(14)5-7(6-13)11(9)12/h3-4,7H,5H2,1-2H3. The van der Waals surface area contributed by atoms with Crippen LogP contribution in [0.15, 0.2) is 12.1 Å². The van der Waals surface area contributed by atoms with E-state index in [0.29, 0.717) is 22.6 Å². The summed E-state index contributed by atoms with van der Waals surface area (Å²) in [6, 6.07) is 5.53. The maximum absolute atomic E-state index is 11.8. The first-order chi connectivity index (χ1) is 7.72. The second kappa shape index (κ2) is 3.86. The summed E-state index contributed by atoms with van der Waals surface area (Å²) in [4.78, 5) is 11.8. The zero-order valence-corrected chi connectivity index (χ0v) is 9.11. The molecule has 0 N–H and O–H groups in total. The molecular formula is C12H11NO3. The Morgan fingerprint density at radius 3 is 2.50 bits per heavy atom. The number of carbonyl (C=O) groups is 1. The zero-order valence-electron chi connectivity index (χ0n) is 9.11. The Kier molecular flexibility index (Phi) is 2.53. The molecule has 4 heteroatoms. The van der Waals surface area contributed by atoms with Gasteiger partial charge in [0.05, 0.1) is 31.8 Å². The van der Waals surface area contributed by atoms with E-state index in [0.717, 1.165) is 0 Å². The molecule has 0 bridgehead atoms. The number of rotatable bonds is 2. The van der Waals surface area contributed by atoms with Gasteiger partial charge in [0.25, 0.3) is 0 Å². The minimum Gasteiger partial charge on any atom is -0.496 e. The molecule has 0 spiro atoms. The molecule has 1 aromatic carbocycles. The highest BCUT2D eigenvalue weighted by Crippen LogP contribution is 2.43. The van der Waals surface area contributed by atoms with Gasteiger partial charge in [0, 0.05) is 12.0 Å². The van der Waals surface area contributed by atoms with Crippen LogP contribution in [0.2, 0.25) is 0 Å². The molecule has 1 aliphatic rings. The molecule has 4 nitrogen and oxygen atoms in total. The van der Waals surface area contributed by atoms with Gasteiger partial charge >= 0.3 is 0 Å². The van der Waals surface area contributed by atoms with Gasteiger partial charge in [-0.3, -0.25) is 4.79 Å². The lowest BCUT2D eigenvalue weighted by molar-refractivity contribution is 0.0989. The molecule has 1 unspecified atom stereocenters. The summed E-state index contributed by atoms with van der Waals surface area (Å²) in [5, 5.41) is 9.02. The summed E-state index contributed by atoms with van der Waals surface area (Å²) in [5.41, 5.74) is 1.16. The number of ether oxygens (including phenoxy) is 2. The molecule has 0 heterocycles. The smallest absolute Gasteiger partial charge is 0.168 e. The second-order valence-electron chi connectivity index (χ2n) is 3.57. The molecule has 0 aromatic heterocycles. The van der Waals surface area contributed by atoms with E-state index in [9.17, 15) is 4.79 Å². The van der Waals surface area contributed by atoms with Crippen LogP contribution in [0.3, 0.4) is 0 Å². The monoisotopic (exact) mass is 217 g/mol. The predicted octanol–water partition coefficient (Wildman–Crippen LogP) is 1.90. The summed E-state index contributed by atoms with van der Waals surface area (Å²) >= 11 is 0. The Bertz CT molecular complexity index is 488. The summed E-state index contributed by atoms with van der Waals surface area (Å²) in [6.45, 7) is 0. The van der Waals surface area contributed by atoms with Crippen molar-refractivity contribution in [1.82, 2.24) is 0 Å². The number of hydrogen-bond acceptors (Lipinski definition) is 4. The molecule has 1 aliphatic carbocycles.